The van der Waals surface area contributed by atoms with Crippen LogP contribution in [0.5, 0.6) is 0 Å². The molecule has 0 atom stereocenters. The minimum absolute atomic E-state index is 0.0346. The van der Waals surface area contributed by atoms with Gasteiger partial charge in [-0.15, -0.1) is 0 Å². The Labute approximate surface area is 290 Å². The first-order valence-electron chi connectivity index (χ1n) is 15.9. The Hall–Kier alpha value is -5.04. The number of hydrogen-bond acceptors (Lipinski definition) is 4. The zero-order chi connectivity index (χ0) is 33.0. The van der Waals surface area contributed by atoms with Crippen LogP contribution < -0.4 is 0 Å². The SMILES string of the molecule is O=C(c1ccccc1SSc1ccccc1C(=O)N(Cc1ccccc1)Cc1ccccc1)N(Cc1ccccc1)Cc1ccccc1. The van der Waals surface area contributed by atoms with Crippen molar-refractivity contribution in [3.05, 3.63) is 203 Å². The highest BCUT2D eigenvalue weighted by atomic mass is 33.1. The summed E-state index contributed by atoms with van der Waals surface area (Å²) in [6.45, 7) is 1.99. The molecule has 0 radical (unpaired) electrons. The number of nitrogens with zero attached hydrogens (tertiary/aromatic N) is 2. The molecule has 6 heteroatoms. The van der Waals surface area contributed by atoms with Crippen LogP contribution in [0.3, 0.4) is 0 Å². The molecule has 0 aliphatic carbocycles. The first-order valence-corrected chi connectivity index (χ1v) is 18.1. The maximum atomic E-state index is 14.2. The molecule has 0 aliphatic heterocycles. The number of benzene rings is 6. The van der Waals surface area contributed by atoms with Crippen molar-refractivity contribution in [3.8, 4) is 0 Å². The molecule has 0 fully saturated rings. The number of rotatable bonds is 13. The summed E-state index contributed by atoms with van der Waals surface area (Å²) in [6.07, 6.45) is 0. The van der Waals surface area contributed by atoms with E-state index in [0.29, 0.717) is 37.3 Å². The Morgan fingerprint density at radius 2 is 0.604 bits per heavy atom. The van der Waals surface area contributed by atoms with Crippen LogP contribution in [0.2, 0.25) is 0 Å². The summed E-state index contributed by atoms with van der Waals surface area (Å²) in [5.41, 5.74) is 5.57. The van der Waals surface area contributed by atoms with E-state index >= 15 is 0 Å². The fourth-order valence-electron chi connectivity index (χ4n) is 5.48. The molecule has 48 heavy (non-hydrogen) atoms. The Balaban J connectivity index is 1.24. The third kappa shape index (κ3) is 8.85. The van der Waals surface area contributed by atoms with Gasteiger partial charge in [0, 0.05) is 36.0 Å². The second kappa shape index (κ2) is 16.7. The smallest absolute Gasteiger partial charge is 0.255 e. The Kier molecular flexibility index (Phi) is 11.4. The summed E-state index contributed by atoms with van der Waals surface area (Å²) >= 11 is 0. The topological polar surface area (TPSA) is 40.6 Å². The van der Waals surface area contributed by atoms with Gasteiger partial charge in [0.1, 0.15) is 0 Å². The summed E-state index contributed by atoms with van der Waals surface area (Å²) in [5.74, 6) is -0.0691. The Morgan fingerprint density at radius 1 is 0.354 bits per heavy atom. The predicted molar refractivity (Wildman–Crippen MR) is 198 cm³/mol. The minimum Gasteiger partial charge on any atom is -0.330 e. The summed E-state index contributed by atoms with van der Waals surface area (Å²) < 4.78 is 0. The average molecular weight is 665 g/mol. The van der Waals surface area contributed by atoms with Gasteiger partial charge in [-0.25, -0.2) is 0 Å². The van der Waals surface area contributed by atoms with Crippen molar-refractivity contribution in [1.29, 1.82) is 0 Å². The molecule has 2 amide bonds. The van der Waals surface area contributed by atoms with E-state index in [4.69, 9.17) is 0 Å². The van der Waals surface area contributed by atoms with Crippen LogP contribution in [-0.4, -0.2) is 21.6 Å². The number of carbonyl (C=O) groups excluding carboxylic acids is 2. The Morgan fingerprint density at radius 3 is 0.896 bits per heavy atom. The molecule has 0 aromatic heterocycles. The Bertz CT molecular complexity index is 1690. The molecule has 0 N–H and O–H groups in total. The summed E-state index contributed by atoms with van der Waals surface area (Å²) in [7, 11) is 3.02. The van der Waals surface area contributed by atoms with Gasteiger partial charge in [0.05, 0.1) is 11.1 Å². The molecule has 6 rings (SSSR count). The molecule has 0 spiro atoms. The van der Waals surface area contributed by atoms with E-state index in [1.807, 2.05) is 131 Å². The first-order chi connectivity index (χ1) is 23.6. The molecule has 6 aromatic rings. The normalized spacial score (nSPS) is 10.8. The first kappa shape index (κ1) is 32.9. The molecule has 0 saturated heterocycles. The van der Waals surface area contributed by atoms with E-state index in [1.54, 1.807) is 0 Å². The van der Waals surface area contributed by atoms with Crippen molar-refractivity contribution in [2.75, 3.05) is 0 Å². The molecule has 6 aromatic carbocycles. The quantitative estimate of drug-likeness (QED) is 0.115. The summed E-state index contributed by atoms with van der Waals surface area (Å²) in [5, 5.41) is 0. The zero-order valence-electron chi connectivity index (χ0n) is 26.5. The van der Waals surface area contributed by atoms with Crippen LogP contribution in [0.1, 0.15) is 43.0 Å². The van der Waals surface area contributed by atoms with Gasteiger partial charge in [-0.1, -0.05) is 167 Å². The van der Waals surface area contributed by atoms with E-state index in [1.165, 1.54) is 21.6 Å². The lowest BCUT2D eigenvalue weighted by molar-refractivity contribution is 0.0719. The average Bonchev–Trinajstić information content (AvgIpc) is 3.15. The van der Waals surface area contributed by atoms with Crippen molar-refractivity contribution in [1.82, 2.24) is 9.80 Å². The fourth-order valence-corrected chi connectivity index (χ4v) is 7.83. The van der Waals surface area contributed by atoms with E-state index in [2.05, 4.69) is 48.5 Å². The highest BCUT2D eigenvalue weighted by Crippen LogP contribution is 2.41. The van der Waals surface area contributed by atoms with Crippen LogP contribution in [0, 0.1) is 0 Å². The molecule has 4 nitrogen and oxygen atoms in total. The van der Waals surface area contributed by atoms with Gasteiger partial charge < -0.3 is 9.80 Å². The molecule has 0 unspecified atom stereocenters. The van der Waals surface area contributed by atoms with E-state index in [0.717, 1.165) is 32.0 Å². The highest BCUT2D eigenvalue weighted by molar-refractivity contribution is 8.76. The van der Waals surface area contributed by atoms with Crippen LogP contribution in [0.4, 0.5) is 0 Å². The van der Waals surface area contributed by atoms with Crippen LogP contribution in [0.25, 0.3) is 0 Å². The van der Waals surface area contributed by atoms with Gasteiger partial charge in [0.25, 0.3) is 11.8 Å². The van der Waals surface area contributed by atoms with Gasteiger partial charge in [-0.05, 0) is 46.5 Å². The third-order valence-corrected chi connectivity index (χ3v) is 10.4. The highest BCUT2D eigenvalue weighted by Gasteiger charge is 2.23. The number of hydrogen-bond donors (Lipinski definition) is 0. The second-order valence-corrected chi connectivity index (χ2v) is 13.6. The van der Waals surface area contributed by atoms with E-state index in [9.17, 15) is 9.59 Å². The maximum absolute atomic E-state index is 14.2. The summed E-state index contributed by atoms with van der Waals surface area (Å²) in [6, 6.07) is 55.8. The number of carbonyl (C=O) groups is 2. The van der Waals surface area contributed by atoms with Gasteiger partial charge in [-0.2, -0.15) is 0 Å². The van der Waals surface area contributed by atoms with Crippen molar-refractivity contribution < 1.29 is 9.59 Å². The van der Waals surface area contributed by atoms with Crippen molar-refractivity contribution in [3.63, 3.8) is 0 Å². The standard InChI is InChI=1S/C42H36N2O2S2/c45-41(43(29-33-17-5-1-6-18-33)30-34-19-7-2-8-20-34)37-25-13-15-27-39(37)47-48-40-28-16-14-26-38(40)42(46)44(31-35-21-9-3-10-22-35)32-36-23-11-4-12-24-36/h1-28H,29-32H2. The second-order valence-electron chi connectivity index (χ2n) is 11.4. The predicted octanol–water partition coefficient (Wildman–Crippen LogP) is 10.2. The molecule has 0 saturated carbocycles. The fraction of sp³-hybridized carbons (Fsp3) is 0.0952. The maximum Gasteiger partial charge on any atom is 0.255 e. The van der Waals surface area contributed by atoms with Gasteiger partial charge in [-0.3, -0.25) is 9.59 Å². The molecule has 238 valence electrons. The molecule has 0 heterocycles. The lowest BCUT2D eigenvalue weighted by atomic mass is 10.1. The largest absolute Gasteiger partial charge is 0.330 e. The third-order valence-electron chi connectivity index (χ3n) is 7.90. The van der Waals surface area contributed by atoms with Crippen molar-refractivity contribution in [2.45, 2.75) is 36.0 Å². The van der Waals surface area contributed by atoms with Crippen LogP contribution >= 0.6 is 21.6 Å². The van der Waals surface area contributed by atoms with Crippen molar-refractivity contribution >= 4 is 33.4 Å². The number of amides is 2. The lowest BCUT2D eigenvalue weighted by Crippen LogP contribution is -2.30. The van der Waals surface area contributed by atoms with Gasteiger partial charge >= 0.3 is 0 Å². The molecule has 0 aliphatic rings. The summed E-state index contributed by atoms with van der Waals surface area (Å²) in [4.78, 5) is 34.0. The van der Waals surface area contributed by atoms with Gasteiger partial charge in [0.15, 0.2) is 0 Å². The van der Waals surface area contributed by atoms with Crippen molar-refractivity contribution in [2.24, 2.45) is 0 Å². The minimum atomic E-state index is -0.0346. The monoisotopic (exact) mass is 664 g/mol. The molecular formula is C42H36N2O2S2. The van der Waals surface area contributed by atoms with E-state index in [-0.39, 0.29) is 11.8 Å². The molecular weight excluding hydrogens is 629 g/mol. The van der Waals surface area contributed by atoms with E-state index < -0.39 is 0 Å². The van der Waals surface area contributed by atoms with Gasteiger partial charge in [0.2, 0.25) is 0 Å². The zero-order valence-corrected chi connectivity index (χ0v) is 28.2. The lowest BCUT2D eigenvalue weighted by Gasteiger charge is -2.25. The van der Waals surface area contributed by atoms with Crippen LogP contribution in [-0.2, 0) is 26.2 Å². The molecule has 0 bridgehead atoms. The van der Waals surface area contributed by atoms with Crippen LogP contribution in [0.15, 0.2) is 180 Å².